The van der Waals surface area contributed by atoms with Gasteiger partial charge in [-0.15, -0.1) is 0 Å². The molecule has 5 nitrogen and oxygen atoms in total. The molecular formula is C13H14Br2N2O3. The molecule has 108 valence electrons. The molecule has 0 radical (unpaired) electrons. The quantitative estimate of drug-likeness (QED) is 0.700. The number of rotatable bonds is 5. The van der Waals surface area contributed by atoms with Gasteiger partial charge in [0.25, 0.3) is 0 Å². The van der Waals surface area contributed by atoms with Crippen LogP contribution in [0.5, 0.6) is 0 Å². The summed E-state index contributed by atoms with van der Waals surface area (Å²) >= 11 is 6.71. The molecule has 20 heavy (non-hydrogen) atoms. The Hall–Kier alpha value is -1.08. The van der Waals surface area contributed by atoms with Crippen molar-refractivity contribution in [3.05, 3.63) is 27.1 Å². The third-order valence-corrected chi connectivity index (χ3v) is 4.43. The van der Waals surface area contributed by atoms with Gasteiger partial charge in [-0.2, -0.15) is 0 Å². The minimum absolute atomic E-state index is 0.0464. The third-order valence-electron chi connectivity index (χ3n) is 3.10. The second-order valence-electron chi connectivity index (χ2n) is 4.74. The normalized spacial score (nSPS) is 15.5. The van der Waals surface area contributed by atoms with Gasteiger partial charge < -0.3 is 15.7 Å². The number of urea groups is 1. The fourth-order valence-corrected chi connectivity index (χ4v) is 3.15. The summed E-state index contributed by atoms with van der Waals surface area (Å²) in [6, 6.07) is 4.77. The van der Waals surface area contributed by atoms with Crippen molar-refractivity contribution in [2.75, 3.05) is 5.32 Å². The van der Waals surface area contributed by atoms with Crippen molar-refractivity contribution in [1.82, 2.24) is 5.32 Å². The van der Waals surface area contributed by atoms with Crippen LogP contribution in [0, 0.1) is 5.92 Å². The summed E-state index contributed by atoms with van der Waals surface area (Å²) in [5.41, 5.74) is 0.620. The topological polar surface area (TPSA) is 78.4 Å². The van der Waals surface area contributed by atoms with Crippen LogP contribution in [0.1, 0.15) is 19.3 Å². The fourth-order valence-electron chi connectivity index (χ4n) is 1.96. The molecule has 1 saturated carbocycles. The molecule has 3 N–H and O–H groups in total. The Morgan fingerprint density at radius 2 is 1.90 bits per heavy atom. The highest BCUT2D eigenvalue weighted by molar-refractivity contribution is 9.11. The lowest BCUT2D eigenvalue weighted by molar-refractivity contribution is -0.137. The molecule has 0 aromatic heterocycles. The Morgan fingerprint density at radius 3 is 2.40 bits per heavy atom. The number of carboxylic acid groups (broad SMARTS) is 1. The van der Waals surface area contributed by atoms with Crippen LogP contribution in [0.3, 0.4) is 0 Å². The first-order valence-electron chi connectivity index (χ1n) is 6.20. The molecule has 0 spiro atoms. The van der Waals surface area contributed by atoms with Gasteiger partial charge in [-0.1, -0.05) is 6.07 Å². The van der Waals surface area contributed by atoms with E-state index in [0.717, 1.165) is 21.8 Å². The minimum atomic E-state index is -0.899. The molecule has 0 heterocycles. The molecule has 1 aliphatic carbocycles. The van der Waals surface area contributed by atoms with Crippen molar-refractivity contribution in [2.24, 2.45) is 5.92 Å². The second kappa shape index (κ2) is 6.58. The summed E-state index contributed by atoms with van der Waals surface area (Å²) in [7, 11) is 0. The zero-order chi connectivity index (χ0) is 14.7. The number of carbonyl (C=O) groups excluding carboxylic acids is 1. The van der Waals surface area contributed by atoms with E-state index in [-0.39, 0.29) is 18.4 Å². The molecule has 0 saturated heterocycles. The van der Waals surface area contributed by atoms with E-state index >= 15 is 0 Å². The summed E-state index contributed by atoms with van der Waals surface area (Å²) in [6.45, 7) is 0. The van der Waals surface area contributed by atoms with E-state index in [0.29, 0.717) is 5.69 Å². The van der Waals surface area contributed by atoms with Crippen LogP contribution in [0.4, 0.5) is 10.5 Å². The van der Waals surface area contributed by atoms with Crippen LogP contribution in [-0.2, 0) is 4.79 Å². The monoisotopic (exact) mass is 404 g/mol. The number of hydrogen-bond acceptors (Lipinski definition) is 2. The van der Waals surface area contributed by atoms with Gasteiger partial charge in [0.05, 0.1) is 12.1 Å². The van der Waals surface area contributed by atoms with E-state index < -0.39 is 12.0 Å². The van der Waals surface area contributed by atoms with Gasteiger partial charge in [-0.3, -0.25) is 4.79 Å². The van der Waals surface area contributed by atoms with Gasteiger partial charge in [0, 0.05) is 15.0 Å². The number of anilines is 1. The molecule has 2 amide bonds. The predicted molar refractivity (Wildman–Crippen MR) is 82.8 cm³/mol. The summed E-state index contributed by atoms with van der Waals surface area (Å²) < 4.78 is 1.51. The first-order valence-corrected chi connectivity index (χ1v) is 7.79. The van der Waals surface area contributed by atoms with Crippen molar-refractivity contribution in [2.45, 2.75) is 25.3 Å². The number of carbonyl (C=O) groups is 2. The molecule has 1 atom stereocenters. The average Bonchev–Trinajstić information content (AvgIpc) is 3.17. The van der Waals surface area contributed by atoms with Crippen LogP contribution in [0.2, 0.25) is 0 Å². The van der Waals surface area contributed by atoms with Gasteiger partial charge >= 0.3 is 12.0 Å². The Kier molecular flexibility index (Phi) is 5.04. The van der Waals surface area contributed by atoms with E-state index in [4.69, 9.17) is 5.11 Å². The summed E-state index contributed by atoms with van der Waals surface area (Å²) in [5, 5.41) is 14.3. The first-order chi connectivity index (χ1) is 9.47. The number of para-hydroxylation sites is 1. The Morgan fingerprint density at radius 1 is 1.30 bits per heavy atom. The molecule has 1 unspecified atom stereocenters. The van der Waals surface area contributed by atoms with E-state index in [1.807, 2.05) is 18.2 Å². The number of aliphatic carboxylic acids is 1. The Labute approximate surface area is 133 Å². The smallest absolute Gasteiger partial charge is 0.319 e. The number of halogens is 2. The van der Waals surface area contributed by atoms with Crippen molar-refractivity contribution in [3.8, 4) is 0 Å². The molecule has 1 aromatic rings. The maximum atomic E-state index is 12.0. The largest absolute Gasteiger partial charge is 0.481 e. The van der Waals surface area contributed by atoms with Gasteiger partial charge in [-0.05, 0) is 62.8 Å². The summed E-state index contributed by atoms with van der Waals surface area (Å²) in [5.74, 6) is -0.622. The van der Waals surface area contributed by atoms with Crippen LogP contribution in [0.15, 0.2) is 27.1 Å². The van der Waals surface area contributed by atoms with E-state index in [1.165, 1.54) is 0 Å². The molecule has 0 aliphatic heterocycles. The van der Waals surface area contributed by atoms with E-state index in [9.17, 15) is 9.59 Å². The lowest BCUT2D eigenvalue weighted by Crippen LogP contribution is -2.40. The van der Waals surface area contributed by atoms with Crippen LogP contribution in [0.25, 0.3) is 0 Å². The zero-order valence-corrected chi connectivity index (χ0v) is 13.7. The molecule has 1 aliphatic rings. The van der Waals surface area contributed by atoms with Gasteiger partial charge in [0.1, 0.15) is 0 Å². The first kappa shape index (κ1) is 15.3. The van der Waals surface area contributed by atoms with Crippen molar-refractivity contribution in [3.63, 3.8) is 0 Å². The van der Waals surface area contributed by atoms with Crippen molar-refractivity contribution < 1.29 is 14.7 Å². The van der Waals surface area contributed by atoms with Gasteiger partial charge in [0.2, 0.25) is 0 Å². The zero-order valence-electron chi connectivity index (χ0n) is 10.5. The standard InChI is InChI=1S/C13H14Br2N2O3/c14-8-2-1-3-9(15)12(8)17-13(20)16-10(6-11(18)19)7-4-5-7/h1-3,7,10H,4-6H2,(H,18,19)(H2,16,17,20). The molecule has 1 aromatic carbocycles. The van der Waals surface area contributed by atoms with Gasteiger partial charge in [0.15, 0.2) is 0 Å². The maximum absolute atomic E-state index is 12.0. The number of amides is 2. The Bertz CT molecular complexity index is 512. The lowest BCUT2D eigenvalue weighted by atomic mass is 10.1. The minimum Gasteiger partial charge on any atom is -0.481 e. The van der Waals surface area contributed by atoms with Gasteiger partial charge in [-0.25, -0.2) is 4.79 Å². The highest BCUT2D eigenvalue weighted by atomic mass is 79.9. The van der Waals surface area contributed by atoms with E-state index in [2.05, 4.69) is 42.5 Å². The fraction of sp³-hybridized carbons (Fsp3) is 0.385. The summed E-state index contributed by atoms with van der Waals surface area (Å²) in [6.07, 6.45) is 1.89. The molecule has 7 heteroatoms. The van der Waals surface area contributed by atoms with E-state index in [1.54, 1.807) is 0 Å². The predicted octanol–water partition coefficient (Wildman–Crippen LogP) is 3.59. The molecule has 2 rings (SSSR count). The average molecular weight is 406 g/mol. The summed E-state index contributed by atoms with van der Waals surface area (Å²) in [4.78, 5) is 22.8. The number of carboxylic acids is 1. The SMILES string of the molecule is O=C(O)CC(NC(=O)Nc1c(Br)cccc1Br)C1CC1. The second-order valence-corrected chi connectivity index (χ2v) is 6.45. The van der Waals surface area contributed by atoms with Crippen LogP contribution < -0.4 is 10.6 Å². The van der Waals surface area contributed by atoms with Crippen molar-refractivity contribution >= 4 is 49.5 Å². The Balaban J connectivity index is 1.99. The highest BCUT2D eigenvalue weighted by Gasteiger charge is 2.33. The van der Waals surface area contributed by atoms with Crippen LogP contribution in [-0.4, -0.2) is 23.1 Å². The maximum Gasteiger partial charge on any atom is 0.319 e. The molecule has 0 bridgehead atoms. The van der Waals surface area contributed by atoms with Crippen LogP contribution >= 0.6 is 31.9 Å². The third kappa shape index (κ3) is 4.21. The number of benzene rings is 1. The molecule has 1 fully saturated rings. The number of hydrogen-bond donors (Lipinski definition) is 3. The van der Waals surface area contributed by atoms with Crippen molar-refractivity contribution in [1.29, 1.82) is 0 Å². The molecular weight excluding hydrogens is 392 g/mol. The highest BCUT2D eigenvalue weighted by Crippen LogP contribution is 2.34. The lowest BCUT2D eigenvalue weighted by Gasteiger charge is -2.17. The number of nitrogens with one attached hydrogen (secondary N) is 2.